The van der Waals surface area contributed by atoms with Gasteiger partial charge in [-0.2, -0.15) is 11.1 Å². The second kappa shape index (κ2) is 8.05. The Labute approximate surface area is 186 Å². The molecule has 26 heavy (non-hydrogen) atoms. The number of rotatable bonds is 2. The summed E-state index contributed by atoms with van der Waals surface area (Å²) in [5, 5.41) is 0. The minimum Gasteiger partial charge on any atom is -1.00 e. The molecule has 1 nitrogen and oxygen atoms in total. The van der Waals surface area contributed by atoms with Gasteiger partial charge in [0, 0.05) is 5.92 Å². The molecule has 0 aromatic heterocycles. The van der Waals surface area contributed by atoms with Crippen molar-refractivity contribution in [3.05, 3.63) is 76.4 Å². The molecular weight excluding hydrogens is 442 g/mol. The van der Waals surface area contributed by atoms with E-state index in [1.165, 1.54) is 34.2 Å². The predicted octanol–water partition coefficient (Wildman–Crippen LogP) is -0.717. The van der Waals surface area contributed by atoms with E-state index in [4.69, 9.17) is 4.74 Å². The molecule has 131 valence electrons. The van der Waals surface area contributed by atoms with Gasteiger partial charge >= 0.3 is 26.2 Å². The molecule has 3 aliphatic carbocycles. The molecule has 0 saturated heterocycles. The number of benzene rings is 2. The largest absolute Gasteiger partial charge is 3.00 e. The fraction of sp³-hybridized carbons (Fsp3) is 0.273. The number of allylic oxidation sites excluding steroid dienone is 4. The number of ether oxygens (including phenoxy) is 1. The van der Waals surface area contributed by atoms with Crippen molar-refractivity contribution in [3.63, 3.8) is 0 Å². The van der Waals surface area contributed by atoms with Crippen LogP contribution in [-0.4, -0.2) is 7.11 Å². The number of hydrogen-bond donors (Lipinski definition) is 0. The maximum Gasteiger partial charge on any atom is 3.00 e. The summed E-state index contributed by atoms with van der Waals surface area (Å²) in [7, 11) is 1.75. The van der Waals surface area contributed by atoms with E-state index in [1.807, 2.05) is 0 Å². The van der Waals surface area contributed by atoms with Crippen LogP contribution in [0.3, 0.4) is 0 Å². The molecule has 0 aliphatic heterocycles. The van der Waals surface area contributed by atoms with Gasteiger partial charge in [-0.25, -0.2) is 5.57 Å². The summed E-state index contributed by atoms with van der Waals surface area (Å²) in [6.45, 7) is 2.31. The molecule has 2 aromatic rings. The Morgan fingerprint density at radius 2 is 1.73 bits per heavy atom. The van der Waals surface area contributed by atoms with Gasteiger partial charge in [0.25, 0.3) is 0 Å². The van der Waals surface area contributed by atoms with Crippen LogP contribution in [0.2, 0.25) is 0 Å². The molecule has 4 heteroatoms. The molecule has 0 spiro atoms. The maximum atomic E-state index is 5.49. The van der Waals surface area contributed by atoms with Crippen molar-refractivity contribution in [2.45, 2.75) is 25.7 Å². The van der Waals surface area contributed by atoms with Gasteiger partial charge in [0.05, 0.1) is 7.11 Å². The van der Waals surface area contributed by atoms with Gasteiger partial charge < -0.3 is 29.6 Å². The van der Waals surface area contributed by atoms with Crippen LogP contribution in [0.25, 0.3) is 11.1 Å². The molecule has 1 fully saturated rings. The fourth-order valence-corrected chi connectivity index (χ4v) is 4.53. The van der Waals surface area contributed by atoms with Crippen molar-refractivity contribution < 1.29 is 55.8 Å². The van der Waals surface area contributed by atoms with E-state index in [0.717, 1.165) is 12.2 Å². The zero-order chi connectivity index (χ0) is 15.6. The number of hydrogen-bond acceptors (Lipinski definition) is 1. The third kappa shape index (κ3) is 2.95. The van der Waals surface area contributed by atoms with Crippen molar-refractivity contribution in [1.82, 2.24) is 0 Å². The van der Waals surface area contributed by atoms with Crippen LogP contribution < -0.4 is 29.6 Å². The first-order chi connectivity index (χ1) is 11.3. The molecule has 0 N–H and O–H groups in total. The summed E-state index contributed by atoms with van der Waals surface area (Å²) in [5.41, 5.74) is 10.2. The van der Waals surface area contributed by atoms with Crippen LogP contribution >= 0.6 is 0 Å². The van der Waals surface area contributed by atoms with Gasteiger partial charge in [-0.05, 0) is 34.4 Å². The van der Waals surface area contributed by atoms with Crippen molar-refractivity contribution in [3.8, 4) is 16.9 Å². The summed E-state index contributed by atoms with van der Waals surface area (Å²) < 4.78 is 5.49. The van der Waals surface area contributed by atoms with E-state index in [9.17, 15) is 0 Å². The first-order valence-corrected chi connectivity index (χ1v) is 8.38. The Morgan fingerprint density at radius 3 is 2.42 bits per heavy atom. The molecular formula is C22H19Cl2OZr. The molecule has 1 saturated carbocycles. The Bertz CT molecular complexity index is 901. The van der Waals surface area contributed by atoms with E-state index >= 15 is 0 Å². The standard InChI is InChI=1S/C22H19O.2ClH.Zr/c1-13-11-20-15(13)9-10-19(20)22-18-6-4-3-5-16(18)17-8-7-14(23-2)12-21(17)22;;;/h3-8,12-13,22H,10-11H2,1-2H3;2*1H;/q-1;;;+3/p-2. The number of halogens is 2. The van der Waals surface area contributed by atoms with Crippen LogP contribution in [0.5, 0.6) is 5.75 Å². The quantitative estimate of drug-likeness (QED) is 0.537. The van der Waals surface area contributed by atoms with E-state index in [2.05, 4.69) is 55.5 Å². The molecule has 0 heterocycles. The van der Waals surface area contributed by atoms with Gasteiger partial charge in [0.2, 0.25) is 0 Å². The van der Waals surface area contributed by atoms with Gasteiger partial charge in [-0.15, -0.1) is 6.42 Å². The summed E-state index contributed by atoms with van der Waals surface area (Å²) in [6, 6.07) is 15.4. The smallest absolute Gasteiger partial charge is 1.00 e. The van der Waals surface area contributed by atoms with Gasteiger partial charge in [0.15, 0.2) is 0 Å². The van der Waals surface area contributed by atoms with Crippen LogP contribution in [0.4, 0.5) is 0 Å². The van der Waals surface area contributed by atoms with Crippen LogP contribution in [-0.2, 0) is 26.2 Å². The van der Waals surface area contributed by atoms with Gasteiger partial charge in [-0.1, -0.05) is 49.6 Å². The van der Waals surface area contributed by atoms with Gasteiger partial charge in [0.1, 0.15) is 5.75 Å². The second-order valence-electron chi connectivity index (χ2n) is 6.85. The van der Waals surface area contributed by atoms with E-state index < -0.39 is 0 Å². The summed E-state index contributed by atoms with van der Waals surface area (Å²) in [5.74, 6) is 2.03. The molecule has 5 rings (SSSR count). The fourth-order valence-electron chi connectivity index (χ4n) is 4.53. The molecule has 0 bridgehead atoms. The van der Waals surface area contributed by atoms with Crippen molar-refractivity contribution in [2.75, 3.05) is 7.11 Å². The zero-order valence-electron chi connectivity index (χ0n) is 14.8. The predicted molar refractivity (Wildman–Crippen MR) is 92.5 cm³/mol. The topological polar surface area (TPSA) is 9.23 Å². The second-order valence-corrected chi connectivity index (χ2v) is 6.85. The van der Waals surface area contributed by atoms with Crippen molar-refractivity contribution in [1.29, 1.82) is 0 Å². The first kappa shape index (κ1) is 21.5. The van der Waals surface area contributed by atoms with E-state index in [-0.39, 0.29) is 51.0 Å². The van der Waals surface area contributed by atoms with E-state index in [0.29, 0.717) is 11.8 Å². The average Bonchev–Trinajstić information content (AvgIpc) is 3.08. The number of methoxy groups -OCH3 is 1. The normalized spacial score (nSPS) is 21.1. The molecule has 2 unspecified atom stereocenters. The Balaban J connectivity index is 0.000000810. The van der Waals surface area contributed by atoms with Crippen molar-refractivity contribution >= 4 is 0 Å². The van der Waals surface area contributed by atoms with Crippen molar-refractivity contribution in [2.24, 2.45) is 5.92 Å². The van der Waals surface area contributed by atoms with Crippen LogP contribution in [0, 0.1) is 12.0 Å². The third-order valence-corrected chi connectivity index (χ3v) is 5.67. The minimum atomic E-state index is 0. The molecule has 2 atom stereocenters. The molecule has 0 amide bonds. The third-order valence-electron chi connectivity index (χ3n) is 5.67. The first-order valence-electron chi connectivity index (χ1n) is 8.38. The van der Waals surface area contributed by atoms with Gasteiger partial charge in [-0.3, -0.25) is 6.08 Å². The van der Waals surface area contributed by atoms with E-state index in [1.54, 1.807) is 18.3 Å². The Morgan fingerprint density at radius 1 is 1.00 bits per heavy atom. The Kier molecular flexibility index (Phi) is 6.65. The average molecular weight is 462 g/mol. The molecule has 3 aliphatic rings. The monoisotopic (exact) mass is 459 g/mol. The number of fused-ring (bicyclic) bond motifs is 4. The summed E-state index contributed by atoms with van der Waals surface area (Å²) in [4.78, 5) is 0. The van der Waals surface area contributed by atoms with Crippen LogP contribution in [0.15, 0.2) is 59.2 Å². The summed E-state index contributed by atoms with van der Waals surface area (Å²) in [6.07, 6.45) is 5.84. The summed E-state index contributed by atoms with van der Waals surface area (Å²) >= 11 is 0. The zero-order valence-corrected chi connectivity index (χ0v) is 18.7. The minimum absolute atomic E-state index is 0. The maximum absolute atomic E-state index is 5.49. The molecule has 1 radical (unpaired) electrons. The van der Waals surface area contributed by atoms with Crippen LogP contribution in [0.1, 0.15) is 36.8 Å². The Hall–Kier alpha value is -0.817. The SMILES string of the molecule is COc1ccc2c(c1)C(C1=C3CC(C)C3=[C-]C1)c1ccccc1-2.[Cl-].[Cl-].[Zr+3]. The molecule has 2 aromatic carbocycles.